The fourth-order valence-corrected chi connectivity index (χ4v) is 2.06. The summed E-state index contributed by atoms with van der Waals surface area (Å²) in [5.74, 6) is 0.463. The highest BCUT2D eigenvalue weighted by Crippen LogP contribution is 2.27. The maximum Gasteiger partial charge on any atom is 0.0641 e. The third-order valence-corrected chi connectivity index (χ3v) is 3.03. The number of halogens is 1. The Balaban J connectivity index is 2.29. The van der Waals surface area contributed by atoms with Crippen LogP contribution in [0.4, 0.5) is 0 Å². The Bertz CT molecular complexity index is 304. The van der Waals surface area contributed by atoms with Crippen LogP contribution in [0.2, 0.25) is 0 Å². The first-order valence-corrected chi connectivity index (χ1v) is 5.03. The zero-order valence-corrected chi connectivity index (χ0v) is 8.87. The van der Waals surface area contributed by atoms with E-state index in [1.54, 1.807) is 6.20 Å². The molecule has 0 radical (unpaired) electrons. The van der Waals surface area contributed by atoms with Gasteiger partial charge in [0.1, 0.15) is 0 Å². The zero-order chi connectivity index (χ0) is 9.26. The average molecular weight is 243 g/mol. The molecule has 70 valence electrons. The van der Waals surface area contributed by atoms with Crippen LogP contribution in [0, 0.1) is 0 Å². The van der Waals surface area contributed by atoms with Crippen LogP contribution in [0.3, 0.4) is 0 Å². The van der Waals surface area contributed by atoms with Crippen molar-refractivity contribution in [2.24, 2.45) is 0 Å². The molecule has 0 aliphatic carbocycles. The van der Waals surface area contributed by atoms with Crippen LogP contribution in [0.5, 0.6) is 0 Å². The highest BCUT2D eigenvalue weighted by molar-refractivity contribution is 9.10. The van der Waals surface area contributed by atoms with E-state index in [2.05, 4.69) is 43.9 Å². The predicted octanol–water partition coefficient (Wildman–Crippen LogP) is 0.819. The van der Waals surface area contributed by atoms with Gasteiger partial charge in [-0.15, -0.1) is 0 Å². The van der Waals surface area contributed by atoms with E-state index in [4.69, 9.17) is 0 Å². The summed E-state index contributed by atoms with van der Waals surface area (Å²) in [6.07, 6.45) is 3.56. The van der Waals surface area contributed by atoms with E-state index in [0.717, 1.165) is 11.0 Å². The van der Waals surface area contributed by atoms with Gasteiger partial charge < -0.3 is 0 Å². The predicted molar refractivity (Wildman–Crippen MR) is 53.1 cm³/mol. The fraction of sp³-hybridized carbons (Fsp3) is 0.500. The molecular weight excluding hydrogens is 232 g/mol. The molecule has 1 aliphatic heterocycles. The molecule has 1 aromatic heterocycles. The van der Waals surface area contributed by atoms with Crippen molar-refractivity contribution in [1.29, 1.82) is 0 Å². The summed E-state index contributed by atoms with van der Waals surface area (Å²) >= 11 is 3.48. The third-order valence-electron chi connectivity index (χ3n) is 2.37. The van der Waals surface area contributed by atoms with Gasteiger partial charge in [0.2, 0.25) is 0 Å². The Morgan fingerprint density at radius 3 is 2.85 bits per heavy atom. The lowest BCUT2D eigenvalue weighted by molar-refractivity contribution is 0.567. The molecule has 2 atom stereocenters. The molecule has 0 saturated carbocycles. The van der Waals surface area contributed by atoms with Crippen molar-refractivity contribution >= 4 is 15.9 Å². The summed E-state index contributed by atoms with van der Waals surface area (Å²) in [4.78, 5) is 0. The molecule has 1 saturated heterocycles. The quantitative estimate of drug-likeness (QED) is 0.766. The third kappa shape index (κ3) is 1.72. The Kier molecular flexibility index (Phi) is 2.57. The summed E-state index contributed by atoms with van der Waals surface area (Å²) in [6, 6.07) is 0.431. The Hall–Kier alpha value is -0.520. The summed E-state index contributed by atoms with van der Waals surface area (Å²) in [5, 5.41) is 7.69. The molecule has 1 aromatic rings. The van der Waals surface area contributed by atoms with Gasteiger partial charge in [0.05, 0.1) is 12.4 Å². The Morgan fingerprint density at radius 2 is 2.23 bits per heavy atom. The standard InChI is InChI=1S/C8H11BrN4/c1-5-6(2-12-13-5)7-3-10-11-4-8(7)9/h3-6,12-13H,2H2,1H3. The van der Waals surface area contributed by atoms with Crippen molar-refractivity contribution in [2.75, 3.05) is 6.54 Å². The minimum Gasteiger partial charge on any atom is -0.257 e. The first-order valence-electron chi connectivity index (χ1n) is 4.23. The molecule has 13 heavy (non-hydrogen) atoms. The van der Waals surface area contributed by atoms with Gasteiger partial charge in [-0.05, 0) is 28.4 Å². The highest BCUT2D eigenvalue weighted by Gasteiger charge is 2.26. The fourth-order valence-electron chi connectivity index (χ4n) is 1.58. The van der Waals surface area contributed by atoms with E-state index in [1.165, 1.54) is 5.56 Å². The van der Waals surface area contributed by atoms with Crippen molar-refractivity contribution < 1.29 is 0 Å². The van der Waals surface area contributed by atoms with E-state index in [0.29, 0.717) is 12.0 Å². The van der Waals surface area contributed by atoms with Crippen LogP contribution >= 0.6 is 15.9 Å². The zero-order valence-electron chi connectivity index (χ0n) is 7.29. The average Bonchev–Trinajstić information content (AvgIpc) is 2.52. The molecule has 0 spiro atoms. The molecule has 0 aromatic carbocycles. The number of aromatic nitrogens is 2. The van der Waals surface area contributed by atoms with Crippen LogP contribution in [0.25, 0.3) is 0 Å². The lowest BCUT2D eigenvalue weighted by atomic mass is 9.96. The summed E-state index contributed by atoms with van der Waals surface area (Å²) in [5.41, 5.74) is 7.51. The summed E-state index contributed by atoms with van der Waals surface area (Å²) in [7, 11) is 0. The van der Waals surface area contributed by atoms with E-state index in [1.807, 2.05) is 6.20 Å². The van der Waals surface area contributed by atoms with Gasteiger partial charge in [-0.2, -0.15) is 10.2 Å². The van der Waals surface area contributed by atoms with E-state index in [9.17, 15) is 0 Å². The van der Waals surface area contributed by atoms with Gasteiger partial charge in [-0.1, -0.05) is 0 Å². The largest absolute Gasteiger partial charge is 0.257 e. The van der Waals surface area contributed by atoms with Crippen molar-refractivity contribution in [3.05, 3.63) is 22.4 Å². The molecule has 2 heterocycles. The number of nitrogens with one attached hydrogen (secondary N) is 2. The van der Waals surface area contributed by atoms with Crippen LogP contribution in [0.15, 0.2) is 16.9 Å². The monoisotopic (exact) mass is 242 g/mol. The molecule has 2 N–H and O–H groups in total. The Labute approximate surface area is 85.2 Å². The van der Waals surface area contributed by atoms with Crippen LogP contribution in [-0.4, -0.2) is 22.8 Å². The Morgan fingerprint density at radius 1 is 1.46 bits per heavy atom. The second-order valence-electron chi connectivity index (χ2n) is 3.21. The van der Waals surface area contributed by atoms with Crippen LogP contribution in [-0.2, 0) is 0 Å². The molecule has 1 fully saturated rings. The number of nitrogens with zero attached hydrogens (tertiary/aromatic N) is 2. The summed E-state index contributed by atoms with van der Waals surface area (Å²) in [6.45, 7) is 3.09. The maximum atomic E-state index is 3.89. The highest BCUT2D eigenvalue weighted by atomic mass is 79.9. The second kappa shape index (κ2) is 3.69. The first kappa shape index (κ1) is 9.05. The van der Waals surface area contributed by atoms with Gasteiger partial charge >= 0.3 is 0 Å². The molecule has 0 bridgehead atoms. The first-order chi connectivity index (χ1) is 6.29. The van der Waals surface area contributed by atoms with Crippen molar-refractivity contribution in [3.8, 4) is 0 Å². The molecule has 1 aliphatic rings. The van der Waals surface area contributed by atoms with Gasteiger partial charge in [-0.25, -0.2) is 0 Å². The summed E-state index contributed by atoms with van der Waals surface area (Å²) < 4.78 is 1.03. The second-order valence-corrected chi connectivity index (χ2v) is 4.07. The molecule has 2 unspecified atom stereocenters. The van der Waals surface area contributed by atoms with Crippen LogP contribution < -0.4 is 10.9 Å². The minimum atomic E-state index is 0.431. The van der Waals surface area contributed by atoms with E-state index < -0.39 is 0 Å². The minimum absolute atomic E-state index is 0.431. The van der Waals surface area contributed by atoms with E-state index >= 15 is 0 Å². The van der Waals surface area contributed by atoms with Crippen LogP contribution in [0.1, 0.15) is 18.4 Å². The number of hydrazine groups is 1. The number of hydrogen-bond acceptors (Lipinski definition) is 4. The molecule has 0 amide bonds. The van der Waals surface area contributed by atoms with Gasteiger partial charge in [0, 0.05) is 23.0 Å². The number of hydrogen-bond donors (Lipinski definition) is 2. The van der Waals surface area contributed by atoms with E-state index in [-0.39, 0.29) is 0 Å². The molecular formula is C8H11BrN4. The van der Waals surface area contributed by atoms with Crippen molar-refractivity contribution in [1.82, 2.24) is 21.0 Å². The van der Waals surface area contributed by atoms with Crippen molar-refractivity contribution in [2.45, 2.75) is 18.9 Å². The lowest BCUT2D eigenvalue weighted by Gasteiger charge is -2.14. The van der Waals surface area contributed by atoms with Gasteiger partial charge in [-0.3, -0.25) is 10.9 Å². The molecule has 5 heteroatoms. The lowest BCUT2D eigenvalue weighted by Crippen LogP contribution is -2.28. The van der Waals surface area contributed by atoms with Gasteiger partial charge in [0.15, 0.2) is 0 Å². The maximum absolute atomic E-state index is 3.89. The molecule has 4 nitrogen and oxygen atoms in total. The van der Waals surface area contributed by atoms with Gasteiger partial charge in [0.25, 0.3) is 0 Å². The van der Waals surface area contributed by atoms with Crippen molar-refractivity contribution in [3.63, 3.8) is 0 Å². The normalized spacial score (nSPS) is 27.8. The smallest absolute Gasteiger partial charge is 0.0641 e. The SMILES string of the molecule is CC1NNCC1c1cnncc1Br. The molecule has 2 rings (SSSR count). The topological polar surface area (TPSA) is 49.8 Å². The number of rotatable bonds is 1.